The molecule has 34 heavy (non-hydrogen) atoms. The predicted octanol–water partition coefficient (Wildman–Crippen LogP) is 5.54. The Hall–Kier alpha value is -3.23. The fourth-order valence-corrected chi connectivity index (χ4v) is 3.55. The summed E-state index contributed by atoms with van der Waals surface area (Å²) in [5, 5.41) is 19.8. The Morgan fingerprint density at radius 3 is 2.50 bits per heavy atom. The van der Waals surface area contributed by atoms with E-state index in [0.717, 1.165) is 18.2 Å². The number of hydrogen-bond donors (Lipinski definition) is 2. The number of pyridine rings is 1. The van der Waals surface area contributed by atoms with Gasteiger partial charge in [-0.05, 0) is 55.8 Å². The number of ketones is 1. The van der Waals surface area contributed by atoms with Crippen LogP contribution in [0.15, 0.2) is 60.9 Å². The second-order valence-electron chi connectivity index (χ2n) is 8.36. The highest BCUT2D eigenvalue weighted by Gasteiger charge is 2.42. The number of carbonyl (C=O) groups excluding carboxylic acids is 1. The first kappa shape index (κ1) is 25.4. The fourth-order valence-electron chi connectivity index (χ4n) is 3.39. The molecule has 2 aromatic carbocycles. The van der Waals surface area contributed by atoms with Gasteiger partial charge in [0, 0.05) is 29.0 Å². The van der Waals surface area contributed by atoms with Crippen molar-refractivity contribution in [3.63, 3.8) is 0 Å². The minimum absolute atomic E-state index is 0.111. The number of nitrogens with zero attached hydrogens (tertiary/aromatic N) is 1. The molecule has 0 aliphatic carbocycles. The van der Waals surface area contributed by atoms with Gasteiger partial charge in [0.1, 0.15) is 18.2 Å². The van der Waals surface area contributed by atoms with Crippen molar-refractivity contribution in [2.45, 2.75) is 20.0 Å². The van der Waals surface area contributed by atoms with Crippen molar-refractivity contribution in [3.8, 4) is 5.75 Å². The molecule has 0 fully saturated rings. The first-order valence-electron chi connectivity index (χ1n) is 10.3. The molecule has 0 bridgehead atoms. The summed E-state index contributed by atoms with van der Waals surface area (Å²) in [5.74, 6) is -4.95. The summed E-state index contributed by atoms with van der Waals surface area (Å²) in [6, 6.07) is 9.48. The second-order valence-corrected chi connectivity index (χ2v) is 8.79. The van der Waals surface area contributed by atoms with E-state index in [9.17, 15) is 23.1 Å². The van der Waals surface area contributed by atoms with Gasteiger partial charge in [-0.1, -0.05) is 17.7 Å². The average molecular weight is 491 g/mol. The molecule has 0 radical (unpaired) electrons. The zero-order valence-electron chi connectivity index (χ0n) is 18.4. The number of nitrogens with one attached hydrogen (secondary N) is 1. The molecule has 1 heterocycles. The van der Waals surface area contributed by atoms with Crippen molar-refractivity contribution >= 4 is 23.1 Å². The van der Waals surface area contributed by atoms with Gasteiger partial charge in [-0.15, -0.1) is 0 Å². The lowest BCUT2D eigenvalue weighted by Crippen LogP contribution is -2.42. The molecule has 0 spiro atoms. The van der Waals surface area contributed by atoms with E-state index in [2.05, 4.69) is 4.98 Å². The van der Waals surface area contributed by atoms with Crippen molar-refractivity contribution in [2.75, 3.05) is 6.61 Å². The lowest BCUT2D eigenvalue weighted by atomic mass is 9.75. The average Bonchev–Trinajstić information content (AvgIpc) is 2.79. The van der Waals surface area contributed by atoms with Gasteiger partial charge in [0.2, 0.25) is 0 Å². The Labute approximate surface area is 199 Å². The van der Waals surface area contributed by atoms with Gasteiger partial charge in [0.05, 0.1) is 23.1 Å². The van der Waals surface area contributed by atoms with Gasteiger partial charge < -0.3 is 15.3 Å². The molecule has 178 valence electrons. The normalized spacial score (nSPS) is 13.3. The van der Waals surface area contributed by atoms with E-state index in [1.54, 1.807) is 6.07 Å². The van der Waals surface area contributed by atoms with Crippen molar-refractivity contribution in [1.82, 2.24) is 4.98 Å². The molecule has 0 aliphatic rings. The van der Waals surface area contributed by atoms with Gasteiger partial charge in [0.25, 0.3) is 0 Å². The Kier molecular flexibility index (Phi) is 7.74. The largest absolute Gasteiger partial charge is 0.489 e. The van der Waals surface area contributed by atoms with Crippen molar-refractivity contribution < 1.29 is 27.8 Å². The Balaban J connectivity index is 1.95. The van der Waals surface area contributed by atoms with Crippen LogP contribution in [0.4, 0.5) is 13.2 Å². The van der Waals surface area contributed by atoms with Crippen LogP contribution in [-0.2, 0) is 4.79 Å². The molecule has 2 atom stereocenters. The number of halogens is 4. The smallest absolute Gasteiger partial charge is 0.167 e. The van der Waals surface area contributed by atoms with Gasteiger partial charge in [-0.2, -0.15) is 0 Å². The van der Waals surface area contributed by atoms with Crippen LogP contribution in [0.25, 0.3) is 0 Å². The van der Waals surface area contributed by atoms with E-state index in [0.29, 0.717) is 6.07 Å². The number of Topliss-reactive ketones (excluding diaryl/α,β-unsaturated/α-hetero) is 1. The summed E-state index contributed by atoms with van der Waals surface area (Å²) in [7, 11) is 0. The fraction of sp³-hybridized carbons (Fsp3) is 0.240. The topological polar surface area (TPSA) is 83.3 Å². The number of hydrogen-bond acceptors (Lipinski definition) is 5. The van der Waals surface area contributed by atoms with Crippen molar-refractivity contribution in [1.29, 1.82) is 5.41 Å². The van der Waals surface area contributed by atoms with E-state index in [-0.39, 0.29) is 28.5 Å². The van der Waals surface area contributed by atoms with Crippen molar-refractivity contribution in [2.24, 2.45) is 11.3 Å². The number of aromatic nitrogens is 1. The first-order chi connectivity index (χ1) is 16.0. The van der Waals surface area contributed by atoms with Gasteiger partial charge in [0.15, 0.2) is 17.3 Å². The maximum atomic E-state index is 14.6. The zero-order chi connectivity index (χ0) is 25.0. The number of carbonyl (C=O) groups is 1. The number of aliphatic hydroxyl groups excluding tert-OH is 1. The molecule has 3 rings (SSSR count). The number of benzene rings is 2. The van der Waals surface area contributed by atoms with Crippen molar-refractivity contribution in [3.05, 3.63) is 94.5 Å². The Morgan fingerprint density at radius 1 is 1.15 bits per heavy atom. The van der Waals surface area contributed by atoms with Crippen LogP contribution in [0, 0.1) is 34.2 Å². The SMILES string of the molecule is CC(C)(COc1ccc(F)cc1F)C(=O)C(C(=N)c1ccc(Cl)cc1F)C(O)c1cccnc1. The van der Waals surface area contributed by atoms with Crippen LogP contribution in [0.3, 0.4) is 0 Å². The monoisotopic (exact) mass is 490 g/mol. The van der Waals surface area contributed by atoms with Crippen LogP contribution in [-0.4, -0.2) is 28.2 Å². The molecular formula is C25H22ClF3N2O3. The lowest BCUT2D eigenvalue weighted by Gasteiger charge is -2.31. The van der Waals surface area contributed by atoms with Gasteiger partial charge in [-0.25, -0.2) is 13.2 Å². The summed E-state index contributed by atoms with van der Waals surface area (Å²) < 4.78 is 47.2. The molecule has 0 amide bonds. The summed E-state index contributed by atoms with van der Waals surface area (Å²) in [4.78, 5) is 17.6. The standard InChI is InChI=1S/C25H22ClF3N2O3/c1-25(2,13-34-20-8-6-16(27)11-19(20)29)24(33)21(23(32)14-4-3-9-31-12-14)22(30)17-7-5-15(26)10-18(17)28/h3-12,21,23,30,32H,13H2,1-2H3. The second kappa shape index (κ2) is 10.4. The lowest BCUT2D eigenvalue weighted by molar-refractivity contribution is -0.133. The number of rotatable bonds is 9. The van der Waals surface area contributed by atoms with E-state index in [1.807, 2.05) is 0 Å². The Bertz CT molecular complexity index is 1210. The van der Waals surface area contributed by atoms with Crippen LogP contribution in [0.5, 0.6) is 5.75 Å². The predicted molar refractivity (Wildman–Crippen MR) is 122 cm³/mol. The van der Waals surface area contributed by atoms with E-state index >= 15 is 0 Å². The number of ether oxygens (including phenoxy) is 1. The summed E-state index contributed by atoms with van der Waals surface area (Å²) in [5.41, 5.74) is -1.77. The molecule has 0 saturated carbocycles. The highest BCUT2D eigenvalue weighted by atomic mass is 35.5. The Morgan fingerprint density at radius 2 is 1.88 bits per heavy atom. The zero-order valence-corrected chi connectivity index (χ0v) is 19.1. The molecule has 3 aromatic rings. The molecule has 5 nitrogen and oxygen atoms in total. The highest BCUT2D eigenvalue weighted by molar-refractivity contribution is 6.30. The molecular weight excluding hydrogens is 469 g/mol. The van der Waals surface area contributed by atoms with Gasteiger partial charge in [-0.3, -0.25) is 9.78 Å². The molecule has 0 aliphatic heterocycles. The summed E-state index contributed by atoms with van der Waals surface area (Å²) in [6.07, 6.45) is 1.30. The van der Waals surface area contributed by atoms with E-state index in [4.69, 9.17) is 21.7 Å². The summed E-state index contributed by atoms with van der Waals surface area (Å²) in [6.45, 7) is 2.64. The quantitative estimate of drug-likeness (QED) is 0.385. The van der Waals surface area contributed by atoms with Crippen LogP contribution in [0.1, 0.15) is 31.1 Å². The third-order valence-corrected chi connectivity index (χ3v) is 5.54. The number of aliphatic hydroxyl groups is 1. The highest BCUT2D eigenvalue weighted by Crippen LogP contribution is 2.34. The maximum absolute atomic E-state index is 14.6. The molecule has 9 heteroatoms. The molecule has 2 N–H and O–H groups in total. The molecule has 2 unspecified atom stereocenters. The van der Waals surface area contributed by atoms with E-state index in [1.165, 1.54) is 44.4 Å². The third-order valence-electron chi connectivity index (χ3n) is 5.31. The minimum atomic E-state index is -1.52. The van der Waals surface area contributed by atoms with E-state index < -0.39 is 46.4 Å². The minimum Gasteiger partial charge on any atom is -0.489 e. The summed E-state index contributed by atoms with van der Waals surface area (Å²) >= 11 is 5.81. The maximum Gasteiger partial charge on any atom is 0.167 e. The van der Waals surface area contributed by atoms with Crippen LogP contribution in [0.2, 0.25) is 5.02 Å². The van der Waals surface area contributed by atoms with Gasteiger partial charge >= 0.3 is 0 Å². The molecule has 1 aromatic heterocycles. The van der Waals surface area contributed by atoms with Crippen LogP contribution >= 0.6 is 11.6 Å². The molecule has 0 saturated heterocycles. The first-order valence-corrected chi connectivity index (χ1v) is 10.6. The van der Waals surface area contributed by atoms with Crippen LogP contribution < -0.4 is 4.74 Å². The third kappa shape index (κ3) is 5.63.